The number of thiophene rings is 1. The van der Waals surface area contributed by atoms with Crippen molar-refractivity contribution in [3.63, 3.8) is 0 Å². The maximum atomic E-state index is 12.8. The average molecular weight is 263 g/mol. The number of ketones is 1. The molecule has 1 aromatic heterocycles. The van der Waals surface area contributed by atoms with E-state index in [1.54, 1.807) is 0 Å². The summed E-state index contributed by atoms with van der Waals surface area (Å²) in [7, 11) is 0. The van der Waals surface area contributed by atoms with Gasteiger partial charge >= 0.3 is 0 Å². The molecule has 0 amide bonds. The van der Waals surface area contributed by atoms with Crippen LogP contribution in [0.5, 0.6) is 0 Å². The van der Waals surface area contributed by atoms with E-state index in [9.17, 15) is 9.18 Å². The van der Waals surface area contributed by atoms with E-state index >= 15 is 0 Å². The van der Waals surface area contributed by atoms with E-state index in [-0.39, 0.29) is 11.6 Å². The van der Waals surface area contributed by atoms with E-state index in [0.29, 0.717) is 16.1 Å². The number of nitrogen functional groups attached to an aromatic ring is 1. The van der Waals surface area contributed by atoms with Crippen LogP contribution in [0.3, 0.4) is 0 Å². The van der Waals surface area contributed by atoms with Crippen molar-refractivity contribution in [2.75, 3.05) is 5.73 Å². The summed E-state index contributed by atoms with van der Waals surface area (Å²) >= 11 is 1.43. The Kier molecular flexibility index (Phi) is 3.48. The first-order valence-corrected chi connectivity index (χ1v) is 6.54. The van der Waals surface area contributed by atoms with Crippen molar-refractivity contribution in [2.24, 2.45) is 0 Å². The van der Waals surface area contributed by atoms with Crippen LogP contribution in [0.15, 0.2) is 24.3 Å². The van der Waals surface area contributed by atoms with Crippen molar-refractivity contribution >= 4 is 22.1 Å². The number of hydrogen-bond donors (Lipinski definition) is 1. The van der Waals surface area contributed by atoms with Crippen molar-refractivity contribution < 1.29 is 9.18 Å². The van der Waals surface area contributed by atoms with E-state index in [1.165, 1.54) is 35.6 Å². The highest BCUT2D eigenvalue weighted by atomic mass is 32.1. The topological polar surface area (TPSA) is 43.1 Å². The fraction of sp³-hybridized carbons (Fsp3) is 0.214. The Balaban J connectivity index is 2.49. The lowest BCUT2D eigenvalue weighted by Crippen LogP contribution is -2.06. The predicted octanol–water partition coefficient (Wildman–Crippen LogP) is 3.57. The summed E-state index contributed by atoms with van der Waals surface area (Å²) in [5.74, 6) is -0.481. The minimum Gasteiger partial charge on any atom is -0.390 e. The Hall–Kier alpha value is -1.68. The van der Waals surface area contributed by atoms with Crippen LogP contribution in [0, 0.1) is 12.7 Å². The molecular weight excluding hydrogens is 249 g/mol. The normalized spacial score (nSPS) is 10.6. The van der Waals surface area contributed by atoms with Crippen molar-refractivity contribution in [1.29, 1.82) is 0 Å². The van der Waals surface area contributed by atoms with Crippen molar-refractivity contribution in [3.05, 3.63) is 51.7 Å². The highest BCUT2D eigenvalue weighted by Crippen LogP contribution is 2.32. The molecule has 2 nitrogen and oxygen atoms in total. The molecule has 0 fully saturated rings. The van der Waals surface area contributed by atoms with Gasteiger partial charge < -0.3 is 5.73 Å². The Morgan fingerprint density at radius 1 is 1.33 bits per heavy atom. The second kappa shape index (κ2) is 4.90. The fourth-order valence-corrected chi connectivity index (χ4v) is 3.04. The molecule has 0 unspecified atom stereocenters. The van der Waals surface area contributed by atoms with Gasteiger partial charge in [0.15, 0.2) is 5.78 Å². The Morgan fingerprint density at radius 3 is 2.50 bits per heavy atom. The maximum absolute atomic E-state index is 12.8. The van der Waals surface area contributed by atoms with E-state index in [0.717, 1.165) is 16.9 Å². The Morgan fingerprint density at radius 2 is 1.94 bits per heavy atom. The van der Waals surface area contributed by atoms with Crippen LogP contribution in [0.25, 0.3) is 0 Å². The number of carbonyl (C=O) groups excluding carboxylic acids is 1. The summed E-state index contributed by atoms with van der Waals surface area (Å²) in [5.41, 5.74) is 7.95. The third kappa shape index (κ3) is 2.16. The van der Waals surface area contributed by atoms with Gasteiger partial charge in [0.05, 0.1) is 10.6 Å². The van der Waals surface area contributed by atoms with Crippen LogP contribution < -0.4 is 5.73 Å². The van der Waals surface area contributed by atoms with E-state index in [1.807, 2.05) is 13.8 Å². The molecule has 2 rings (SSSR count). The molecule has 0 bridgehead atoms. The summed E-state index contributed by atoms with van der Waals surface area (Å²) in [6.45, 7) is 3.96. The molecule has 0 spiro atoms. The second-order valence-corrected chi connectivity index (χ2v) is 5.32. The summed E-state index contributed by atoms with van der Waals surface area (Å²) in [6, 6.07) is 5.55. The summed E-state index contributed by atoms with van der Waals surface area (Å²) < 4.78 is 12.8. The molecule has 18 heavy (non-hydrogen) atoms. The predicted molar refractivity (Wildman–Crippen MR) is 72.7 cm³/mol. The van der Waals surface area contributed by atoms with E-state index < -0.39 is 0 Å². The first-order valence-electron chi connectivity index (χ1n) is 5.72. The molecule has 0 aliphatic heterocycles. The van der Waals surface area contributed by atoms with Crippen LogP contribution in [0.1, 0.15) is 33.3 Å². The minimum atomic E-state index is -0.350. The first-order chi connectivity index (χ1) is 8.54. The number of aryl methyl sites for hydroxylation is 1. The molecule has 2 N–H and O–H groups in total. The van der Waals surface area contributed by atoms with Crippen LogP contribution in [-0.4, -0.2) is 5.78 Å². The molecule has 0 aliphatic rings. The maximum Gasteiger partial charge on any atom is 0.196 e. The van der Waals surface area contributed by atoms with Gasteiger partial charge in [0.1, 0.15) is 5.82 Å². The summed E-state index contributed by atoms with van der Waals surface area (Å²) in [4.78, 5) is 13.4. The fourth-order valence-electron chi connectivity index (χ4n) is 2.02. The second-order valence-electron chi connectivity index (χ2n) is 4.07. The number of halogens is 1. The monoisotopic (exact) mass is 263 g/mol. The minimum absolute atomic E-state index is 0.131. The number of nitrogens with two attached hydrogens (primary N) is 1. The highest BCUT2D eigenvalue weighted by Gasteiger charge is 2.20. The van der Waals surface area contributed by atoms with Gasteiger partial charge in [-0.05, 0) is 43.2 Å². The third-order valence-corrected chi connectivity index (χ3v) is 3.90. The van der Waals surface area contributed by atoms with Gasteiger partial charge in [-0.2, -0.15) is 0 Å². The van der Waals surface area contributed by atoms with Crippen molar-refractivity contribution in [3.8, 4) is 0 Å². The van der Waals surface area contributed by atoms with Gasteiger partial charge in [-0.1, -0.05) is 6.92 Å². The van der Waals surface area contributed by atoms with Gasteiger partial charge in [0, 0.05) is 10.4 Å². The zero-order valence-corrected chi connectivity index (χ0v) is 11.1. The SMILES string of the molecule is CCc1c(C)sc(N)c1C(=O)c1ccc(F)cc1. The lowest BCUT2D eigenvalue weighted by atomic mass is 9.99. The largest absolute Gasteiger partial charge is 0.390 e. The zero-order valence-electron chi connectivity index (χ0n) is 10.3. The van der Waals surface area contributed by atoms with E-state index in [4.69, 9.17) is 5.73 Å². The molecular formula is C14H14FNOS. The molecule has 1 heterocycles. The Labute approximate surface area is 109 Å². The lowest BCUT2D eigenvalue weighted by molar-refractivity contribution is 0.103. The molecule has 2 aromatic rings. The standard InChI is InChI=1S/C14H14FNOS/c1-3-11-8(2)18-14(16)12(11)13(17)9-4-6-10(15)7-5-9/h4-7H,3,16H2,1-2H3. The van der Waals surface area contributed by atoms with Gasteiger partial charge in [-0.25, -0.2) is 4.39 Å². The van der Waals surface area contributed by atoms with Crippen molar-refractivity contribution in [1.82, 2.24) is 0 Å². The molecule has 0 radical (unpaired) electrons. The van der Waals surface area contributed by atoms with Gasteiger partial charge in [0.2, 0.25) is 0 Å². The van der Waals surface area contributed by atoms with E-state index in [2.05, 4.69) is 0 Å². The summed E-state index contributed by atoms with van der Waals surface area (Å²) in [5, 5.41) is 0.540. The lowest BCUT2D eigenvalue weighted by Gasteiger charge is -2.04. The summed E-state index contributed by atoms with van der Waals surface area (Å²) in [6.07, 6.45) is 0.766. The number of carbonyl (C=O) groups is 1. The average Bonchev–Trinajstić information content (AvgIpc) is 2.63. The Bertz CT molecular complexity index is 587. The quantitative estimate of drug-likeness (QED) is 0.860. The number of rotatable bonds is 3. The first kappa shape index (κ1) is 12.8. The third-order valence-electron chi connectivity index (χ3n) is 2.92. The number of hydrogen-bond acceptors (Lipinski definition) is 3. The van der Waals surface area contributed by atoms with Crippen LogP contribution in [-0.2, 0) is 6.42 Å². The molecule has 94 valence electrons. The smallest absolute Gasteiger partial charge is 0.196 e. The van der Waals surface area contributed by atoms with Crippen LogP contribution >= 0.6 is 11.3 Å². The van der Waals surface area contributed by atoms with Gasteiger partial charge in [0.25, 0.3) is 0 Å². The number of benzene rings is 1. The molecule has 0 atom stereocenters. The van der Waals surface area contributed by atoms with Crippen molar-refractivity contribution in [2.45, 2.75) is 20.3 Å². The molecule has 0 saturated heterocycles. The van der Waals surface area contributed by atoms with Crippen LogP contribution in [0.4, 0.5) is 9.39 Å². The molecule has 1 aromatic carbocycles. The van der Waals surface area contributed by atoms with Gasteiger partial charge in [-0.3, -0.25) is 4.79 Å². The van der Waals surface area contributed by atoms with Gasteiger partial charge in [-0.15, -0.1) is 11.3 Å². The molecule has 0 aliphatic carbocycles. The molecule has 4 heteroatoms. The van der Waals surface area contributed by atoms with Crippen LogP contribution in [0.2, 0.25) is 0 Å². The number of anilines is 1. The molecule has 0 saturated carbocycles. The zero-order chi connectivity index (χ0) is 13.3. The highest BCUT2D eigenvalue weighted by molar-refractivity contribution is 7.16.